The predicted molar refractivity (Wildman–Crippen MR) is 85.6 cm³/mol. The number of aromatic hydroxyl groups is 2. The smallest absolute Gasteiger partial charge is 0.347 e. The van der Waals surface area contributed by atoms with Crippen molar-refractivity contribution in [2.24, 2.45) is 0 Å². The number of benzene rings is 3. The first kappa shape index (κ1) is 15.4. The van der Waals surface area contributed by atoms with Crippen molar-refractivity contribution in [2.45, 2.75) is 0 Å². The highest BCUT2D eigenvalue weighted by Gasteiger charge is 2.21. The summed E-state index contributed by atoms with van der Waals surface area (Å²) in [5.41, 5.74) is -0.353. The third kappa shape index (κ3) is 2.72. The summed E-state index contributed by atoms with van der Waals surface area (Å²) in [6.07, 6.45) is 0. The van der Waals surface area contributed by atoms with Gasteiger partial charge >= 0.3 is 11.9 Å². The van der Waals surface area contributed by atoms with Gasteiger partial charge in [-0.3, -0.25) is 0 Å². The lowest BCUT2D eigenvalue weighted by Gasteiger charge is -2.11. The zero-order valence-electron chi connectivity index (χ0n) is 12.3. The molecule has 3 aromatic carbocycles. The fourth-order valence-electron chi connectivity index (χ4n) is 2.40. The van der Waals surface area contributed by atoms with Crippen LogP contribution in [0.5, 0.6) is 17.2 Å². The Morgan fingerprint density at radius 2 is 1.67 bits per heavy atom. The van der Waals surface area contributed by atoms with Gasteiger partial charge in [0.2, 0.25) is 0 Å². The van der Waals surface area contributed by atoms with Crippen molar-refractivity contribution in [1.29, 1.82) is 0 Å². The molecule has 0 aliphatic rings. The molecule has 0 atom stereocenters. The van der Waals surface area contributed by atoms with Gasteiger partial charge in [0.15, 0.2) is 0 Å². The standard InChI is InChI=1S/C18H12O6/c19-11-6-7-13(17(21)22)15(9-11)24-18(23)16-12-4-2-1-3-10(12)5-8-14(16)20/h1-9,19-20H,(H,21,22). The summed E-state index contributed by atoms with van der Waals surface area (Å²) in [6, 6.07) is 13.2. The van der Waals surface area contributed by atoms with Gasteiger partial charge in [0.05, 0.1) is 0 Å². The first-order chi connectivity index (χ1) is 11.5. The predicted octanol–water partition coefficient (Wildman–Crippen LogP) is 3.17. The Morgan fingerprint density at radius 1 is 0.917 bits per heavy atom. The fraction of sp³-hybridized carbons (Fsp3) is 0. The van der Waals surface area contributed by atoms with Crippen molar-refractivity contribution < 1.29 is 29.6 Å². The Hall–Kier alpha value is -3.54. The van der Waals surface area contributed by atoms with E-state index in [9.17, 15) is 19.8 Å². The lowest BCUT2D eigenvalue weighted by Crippen LogP contribution is -2.12. The number of hydrogen-bond donors (Lipinski definition) is 3. The van der Waals surface area contributed by atoms with Gasteiger partial charge < -0.3 is 20.1 Å². The van der Waals surface area contributed by atoms with Gasteiger partial charge in [-0.15, -0.1) is 0 Å². The quantitative estimate of drug-likeness (QED) is 0.505. The summed E-state index contributed by atoms with van der Waals surface area (Å²) < 4.78 is 5.12. The molecule has 0 aliphatic heterocycles. The summed E-state index contributed by atoms with van der Waals surface area (Å²) in [6.45, 7) is 0. The monoisotopic (exact) mass is 324 g/mol. The minimum Gasteiger partial charge on any atom is -0.508 e. The van der Waals surface area contributed by atoms with E-state index in [2.05, 4.69) is 0 Å². The number of carbonyl (C=O) groups is 2. The maximum Gasteiger partial charge on any atom is 0.347 e. The van der Waals surface area contributed by atoms with Crippen molar-refractivity contribution >= 4 is 22.7 Å². The topological polar surface area (TPSA) is 104 Å². The number of phenols is 2. The number of hydrogen-bond acceptors (Lipinski definition) is 5. The van der Waals surface area contributed by atoms with Crippen molar-refractivity contribution in [3.8, 4) is 17.2 Å². The Balaban J connectivity index is 2.07. The molecule has 0 saturated carbocycles. The maximum absolute atomic E-state index is 12.5. The van der Waals surface area contributed by atoms with Crippen LogP contribution < -0.4 is 4.74 Å². The van der Waals surface area contributed by atoms with Gasteiger partial charge in [0.25, 0.3) is 0 Å². The van der Waals surface area contributed by atoms with Gasteiger partial charge in [0.1, 0.15) is 28.4 Å². The summed E-state index contributed by atoms with van der Waals surface area (Å²) >= 11 is 0. The molecule has 0 amide bonds. The highest BCUT2D eigenvalue weighted by atomic mass is 16.5. The number of esters is 1. The molecule has 0 aromatic heterocycles. The molecule has 3 rings (SSSR count). The zero-order chi connectivity index (χ0) is 17.3. The zero-order valence-corrected chi connectivity index (χ0v) is 12.3. The van der Waals surface area contributed by atoms with Gasteiger partial charge in [-0.1, -0.05) is 30.3 Å². The molecular weight excluding hydrogens is 312 g/mol. The Morgan fingerprint density at radius 3 is 2.42 bits per heavy atom. The average molecular weight is 324 g/mol. The third-order valence-corrected chi connectivity index (χ3v) is 3.51. The summed E-state index contributed by atoms with van der Waals surface area (Å²) in [4.78, 5) is 23.7. The van der Waals surface area contributed by atoms with Crippen molar-refractivity contribution in [1.82, 2.24) is 0 Å². The van der Waals surface area contributed by atoms with Crippen LogP contribution in [0, 0.1) is 0 Å². The lowest BCUT2D eigenvalue weighted by molar-refractivity contribution is 0.0681. The normalized spacial score (nSPS) is 10.5. The lowest BCUT2D eigenvalue weighted by atomic mass is 10.0. The Labute approximate surface area is 136 Å². The van der Waals surface area contributed by atoms with Crippen molar-refractivity contribution in [3.05, 3.63) is 65.7 Å². The van der Waals surface area contributed by atoms with Crippen LogP contribution in [-0.2, 0) is 0 Å². The second kappa shape index (κ2) is 5.92. The second-order valence-electron chi connectivity index (χ2n) is 5.06. The van der Waals surface area contributed by atoms with Crippen LogP contribution in [0.15, 0.2) is 54.6 Å². The molecule has 6 heteroatoms. The number of carboxylic acid groups (broad SMARTS) is 1. The van der Waals surface area contributed by atoms with E-state index in [1.807, 2.05) is 0 Å². The van der Waals surface area contributed by atoms with Gasteiger partial charge in [0, 0.05) is 6.07 Å². The van der Waals surface area contributed by atoms with Gasteiger partial charge in [-0.2, -0.15) is 0 Å². The second-order valence-corrected chi connectivity index (χ2v) is 5.06. The number of carboxylic acids is 1. The van der Waals surface area contributed by atoms with E-state index < -0.39 is 11.9 Å². The third-order valence-electron chi connectivity index (χ3n) is 3.51. The number of ether oxygens (including phenoxy) is 1. The minimum absolute atomic E-state index is 0.0761. The van der Waals surface area contributed by atoms with Crippen molar-refractivity contribution in [2.75, 3.05) is 0 Å². The van der Waals surface area contributed by atoms with Gasteiger partial charge in [-0.05, 0) is 29.0 Å². The van der Waals surface area contributed by atoms with Crippen LogP contribution in [0.3, 0.4) is 0 Å². The van der Waals surface area contributed by atoms with Crippen LogP contribution >= 0.6 is 0 Å². The number of fused-ring (bicyclic) bond motifs is 1. The highest BCUT2D eigenvalue weighted by Crippen LogP contribution is 2.30. The average Bonchev–Trinajstić information content (AvgIpc) is 2.54. The first-order valence-electron chi connectivity index (χ1n) is 6.96. The van der Waals surface area contributed by atoms with E-state index in [0.29, 0.717) is 5.39 Å². The Kier molecular flexibility index (Phi) is 3.79. The van der Waals surface area contributed by atoms with Crippen LogP contribution in [0.25, 0.3) is 10.8 Å². The molecule has 0 aliphatic carbocycles. The van der Waals surface area contributed by atoms with Crippen LogP contribution in [0.2, 0.25) is 0 Å². The molecular formula is C18H12O6. The Bertz CT molecular complexity index is 961. The fourth-order valence-corrected chi connectivity index (χ4v) is 2.40. The van der Waals surface area contributed by atoms with E-state index in [0.717, 1.165) is 17.5 Å². The maximum atomic E-state index is 12.5. The van der Waals surface area contributed by atoms with E-state index in [4.69, 9.17) is 9.84 Å². The molecule has 0 unspecified atom stereocenters. The van der Waals surface area contributed by atoms with Gasteiger partial charge in [-0.25, -0.2) is 9.59 Å². The first-order valence-corrected chi connectivity index (χ1v) is 6.96. The molecule has 0 fully saturated rings. The van der Waals surface area contributed by atoms with Crippen LogP contribution in [-0.4, -0.2) is 27.3 Å². The molecule has 0 radical (unpaired) electrons. The number of carbonyl (C=O) groups excluding carboxylic acids is 1. The van der Waals surface area contributed by atoms with E-state index in [1.54, 1.807) is 30.3 Å². The summed E-state index contributed by atoms with van der Waals surface area (Å²) in [7, 11) is 0. The molecule has 3 N–H and O–H groups in total. The van der Waals surface area contributed by atoms with E-state index >= 15 is 0 Å². The number of phenolic OH excluding ortho intramolecular Hbond substituents is 2. The molecule has 0 spiro atoms. The van der Waals surface area contributed by atoms with Crippen LogP contribution in [0.4, 0.5) is 0 Å². The molecule has 0 bridgehead atoms. The number of aromatic carboxylic acids is 1. The molecule has 24 heavy (non-hydrogen) atoms. The SMILES string of the molecule is O=C(O)c1ccc(O)cc1OC(=O)c1c(O)ccc2ccccc12. The molecule has 3 aromatic rings. The number of rotatable bonds is 3. The van der Waals surface area contributed by atoms with E-state index in [1.165, 1.54) is 12.1 Å². The van der Waals surface area contributed by atoms with Crippen molar-refractivity contribution in [3.63, 3.8) is 0 Å². The summed E-state index contributed by atoms with van der Waals surface area (Å²) in [5.74, 6) is -3.06. The molecule has 0 saturated heterocycles. The molecule has 6 nitrogen and oxygen atoms in total. The van der Waals surface area contributed by atoms with E-state index in [-0.39, 0.29) is 28.4 Å². The molecule has 0 heterocycles. The largest absolute Gasteiger partial charge is 0.508 e. The highest BCUT2D eigenvalue weighted by molar-refractivity contribution is 6.08. The molecule has 120 valence electrons. The summed E-state index contributed by atoms with van der Waals surface area (Å²) in [5, 5.41) is 29.9. The minimum atomic E-state index is -1.31. The van der Waals surface area contributed by atoms with Crippen LogP contribution in [0.1, 0.15) is 20.7 Å².